The Morgan fingerprint density at radius 3 is 2.73 bits per heavy atom. The third-order valence-electron chi connectivity index (χ3n) is 4.45. The Labute approximate surface area is 157 Å². The molecule has 4 rings (SSSR count). The van der Waals surface area contributed by atoms with E-state index in [1.54, 1.807) is 24.4 Å². The van der Waals surface area contributed by atoms with Gasteiger partial charge < -0.3 is 4.74 Å². The summed E-state index contributed by atoms with van der Waals surface area (Å²) in [6.07, 6.45) is 2.12. The number of ether oxygens (including phenoxy) is 1. The third kappa shape index (κ3) is 3.16. The van der Waals surface area contributed by atoms with Gasteiger partial charge in [-0.25, -0.2) is 8.42 Å². The second-order valence-electron chi connectivity index (χ2n) is 6.15. The fraction of sp³-hybridized carbons (Fsp3) is 0.211. The van der Waals surface area contributed by atoms with E-state index < -0.39 is 10.0 Å². The molecule has 26 heavy (non-hydrogen) atoms. The van der Waals surface area contributed by atoms with E-state index in [9.17, 15) is 8.42 Å². The zero-order chi connectivity index (χ0) is 18.1. The number of aromatic nitrogens is 1. The first-order valence-corrected chi connectivity index (χ1v) is 10.1. The zero-order valence-corrected chi connectivity index (χ0v) is 15.4. The Kier molecular flexibility index (Phi) is 4.56. The highest BCUT2D eigenvalue weighted by Crippen LogP contribution is 2.30. The summed E-state index contributed by atoms with van der Waals surface area (Å²) >= 11 is 6.07. The molecule has 1 aliphatic heterocycles. The van der Waals surface area contributed by atoms with Crippen molar-refractivity contribution in [2.75, 3.05) is 13.1 Å². The molecule has 3 aromatic rings. The minimum atomic E-state index is -3.63. The van der Waals surface area contributed by atoms with E-state index in [1.807, 2.05) is 30.3 Å². The van der Waals surface area contributed by atoms with Crippen LogP contribution in [0.1, 0.15) is 6.42 Å². The van der Waals surface area contributed by atoms with E-state index in [4.69, 9.17) is 16.3 Å². The Morgan fingerprint density at radius 2 is 1.88 bits per heavy atom. The van der Waals surface area contributed by atoms with Crippen molar-refractivity contribution in [3.63, 3.8) is 0 Å². The summed E-state index contributed by atoms with van der Waals surface area (Å²) in [7, 11) is -3.63. The second-order valence-corrected chi connectivity index (χ2v) is 8.47. The smallest absolute Gasteiger partial charge is 0.244 e. The van der Waals surface area contributed by atoms with Crippen LogP contribution in [0.2, 0.25) is 5.02 Å². The number of pyridine rings is 1. The highest BCUT2D eigenvalue weighted by molar-refractivity contribution is 7.89. The van der Waals surface area contributed by atoms with Crippen molar-refractivity contribution in [2.24, 2.45) is 0 Å². The van der Waals surface area contributed by atoms with Gasteiger partial charge in [-0.3, -0.25) is 4.98 Å². The average Bonchev–Trinajstić information content (AvgIpc) is 3.12. The van der Waals surface area contributed by atoms with E-state index in [0.29, 0.717) is 18.7 Å². The molecule has 1 atom stereocenters. The van der Waals surface area contributed by atoms with Crippen molar-refractivity contribution in [3.8, 4) is 5.75 Å². The third-order valence-corrected chi connectivity index (χ3v) is 6.82. The van der Waals surface area contributed by atoms with E-state index in [0.717, 1.165) is 10.9 Å². The molecule has 0 saturated carbocycles. The summed E-state index contributed by atoms with van der Waals surface area (Å²) in [5.41, 5.74) is 0.780. The molecular formula is C19H17ClN2O3S. The lowest BCUT2D eigenvalue weighted by Gasteiger charge is -2.18. The Morgan fingerprint density at radius 1 is 1.08 bits per heavy atom. The maximum atomic E-state index is 12.8. The van der Waals surface area contributed by atoms with Crippen LogP contribution in [0.25, 0.3) is 10.9 Å². The second kappa shape index (κ2) is 6.87. The minimum Gasteiger partial charge on any atom is -0.487 e. The van der Waals surface area contributed by atoms with E-state index in [2.05, 4.69) is 4.98 Å². The highest BCUT2D eigenvalue weighted by atomic mass is 35.5. The molecule has 1 unspecified atom stereocenters. The summed E-state index contributed by atoms with van der Waals surface area (Å²) in [6.45, 7) is 0.688. The van der Waals surface area contributed by atoms with Crippen LogP contribution >= 0.6 is 11.6 Å². The number of fused-ring (bicyclic) bond motifs is 1. The quantitative estimate of drug-likeness (QED) is 0.683. The van der Waals surface area contributed by atoms with Gasteiger partial charge in [-0.1, -0.05) is 41.9 Å². The molecule has 0 N–H and O–H groups in total. The largest absolute Gasteiger partial charge is 0.487 e. The molecule has 1 fully saturated rings. The lowest BCUT2D eigenvalue weighted by Crippen LogP contribution is -2.31. The molecule has 7 heteroatoms. The van der Waals surface area contributed by atoms with Crippen LogP contribution < -0.4 is 4.74 Å². The van der Waals surface area contributed by atoms with Gasteiger partial charge in [-0.05, 0) is 30.7 Å². The summed E-state index contributed by atoms with van der Waals surface area (Å²) in [5.74, 6) is 0.671. The lowest BCUT2D eigenvalue weighted by molar-refractivity contribution is 0.218. The lowest BCUT2D eigenvalue weighted by atomic mass is 10.2. The standard InChI is InChI=1S/C19H17ClN2O3S/c20-16-7-1-2-9-18(16)26(23,24)22-12-10-15(13-22)25-17-8-3-5-14-6-4-11-21-19(14)17/h1-9,11,15H,10,12-13H2. The first-order chi connectivity index (χ1) is 12.6. The SMILES string of the molecule is O=S(=O)(c1ccccc1Cl)N1CCC(Oc2cccc3cccnc23)C1. The summed E-state index contributed by atoms with van der Waals surface area (Å²) in [6, 6.07) is 16.1. The molecule has 1 aromatic heterocycles. The molecule has 0 spiro atoms. The van der Waals surface area contributed by atoms with Crippen LogP contribution in [-0.4, -0.2) is 36.9 Å². The normalized spacial score (nSPS) is 18.3. The Bertz CT molecular complexity index is 1050. The minimum absolute atomic E-state index is 0.133. The number of hydrogen-bond donors (Lipinski definition) is 0. The van der Waals surface area contributed by atoms with Crippen LogP contribution in [0, 0.1) is 0 Å². The number of hydrogen-bond acceptors (Lipinski definition) is 4. The summed E-state index contributed by atoms with van der Waals surface area (Å²) in [4.78, 5) is 4.51. The van der Waals surface area contributed by atoms with Gasteiger partial charge >= 0.3 is 0 Å². The van der Waals surface area contributed by atoms with Crippen molar-refractivity contribution in [1.82, 2.24) is 9.29 Å². The molecule has 2 heterocycles. The molecule has 5 nitrogen and oxygen atoms in total. The number of rotatable bonds is 4. The number of sulfonamides is 1. The number of benzene rings is 2. The van der Waals surface area contributed by atoms with Gasteiger partial charge in [0.25, 0.3) is 0 Å². The molecule has 2 aromatic carbocycles. The van der Waals surface area contributed by atoms with Crippen molar-refractivity contribution < 1.29 is 13.2 Å². The van der Waals surface area contributed by atoms with Gasteiger partial charge in [0.05, 0.1) is 11.6 Å². The first kappa shape index (κ1) is 17.3. The molecule has 0 radical (unpaired) electrons. The first-order valence-electron chi connectivity index (χ1n) is 8.31. The van der Waals surface area contributed by atoms with Crippen LogP contribution in [0.4, 0.5) is 0 Å². The van der Waals surface area contributed by atoms with Crippen LogP contribution in [-0.2, 0) is 10.0 Å². The van der Waals surface area contributed by atoms with Gasteiger partial charge in [0.1, 0.15) is 22.3 Å². The van der Waals surface area contributed by atoms with Crippen molar-refractivity contribution in [1.29, 1.82) is 0 Å². The number of para-hydroxylation sites is 1. The molecular weight excluding hydrogens is 372 g/mol. The van der Waals surface area contributed by atoms with Gasteiger partial charge in [0, 0.05) is 18.1 Å². The van der Waals surface area contributed by atoms with E-state index >= 15 is 0 Å². The molecule has 0 bridgehead atoms. The fourth-order valence-electron chi connectivity index (χ4n) is 3.16. The van der Waals surface area contributed by atoms with Crippen molar-refractivity contribution >= 4 is 32.5 Å². The van der Waals surface area contributed by atoms with E-state index in [1.165, 1.54) is 10.4 Å². The van der Waals surface area contributed by atoms with Gasteiger partial charge in [-0.2, -0.15) is 4.31 Å². The number of nitrogens with zero attached hydrogens (tertiary/aromatic N) is 2. The number of halogens is 1. The van der Waals surface area contributed by atoms with Crippen molar-refractivity contribution in [2.45, 2.75) is 17.4 Å². The zero-order valence-electron chi connectivity index (χ0n) is 13.9. The van der Waals surface area contributed by atoms with Gasteiger partial charge in [-0.15, -0.1) is 0 Å². The molecule has 0 amide bonds. The predicted molar refractivity (Wildman–Crippen MR) is 101 cm³/mol. The van der Waals surface area contributed by atoms with Crippen molar-refractivity contribution in [3.05, 3.63) is 65.8 Å². The van der Waals surface area contributed by atoms with Crippen LogP contribution in [0.15, 0.2) is 65.7 Å². The van der Waals surface area contributed by atoms with Gasteiger partial charge in [0.15, 0.2) is 0 Å². The fourth-order valence-corrected chi connectivity index (χ4v) is 5.14. The topological polar surface area (TPSA) is 59.5 Å². The van der Waals surface area contributed by atoms with Crippen LogP contribution in [0.5, 0.6) is 5.75 Å². The van der Waals surface area contributed by atoms with Gasteiger partial charge in [0.2, 0.25) is 10.0 Å². The maximum Gasteiger partial charge on any atom is 0.244 e. The van der Waals surface area contributed by atoms with Crippen LogP contribution in [0.3, 0.4) is 0 Å². The average molecular weight is 389 g/mol. The highest BCUT2D eigenvalue weighted by Gasteiger charge is 2.34. The Hall–Kier alpha value is -2.15. The summed E-state index contributed by atoms with van der Waals surface area (Å²) in [5, 5.41) is 1.22. The maximum absolute atomic E-state index is 12.8. The monoisotopic (exact) mass is 388 g/mol. The summed E-state index contributed by atoms with van der Waals surface area (Å²) < 4.78 is 33.2. The molecule has 1 saturated heterocycles. The predicted octanol–water partition coefficient (Wildman–Crippen LogP) is 3.73. The Balaban J connectivity index is 1.55. The molecule has 1 aliphatic rings. The van der Waals surface area contributed by atoms with E-state index in [-0.39, 0.29) is 22.6 Å². The molecule has 0 aliphatic carbocycles. The molecule has 134 valence electrons.